The molecule has 3 aromatic rings. The van der Waals surface area contributed by atoms with Crippen LogP contribution in [-0.4, -0.2) is 5.91 Å². The molecule has 0 fully saturated rings. The van der Waals surface area contributed by atoms with Crippen molar-refractivity contribution in [3.8, 4) is 5.75 Å². The van der Waals surface area contributed by atoms with Gasteiger partial charge in [0, 0.05) is 11.6 Å². The summed E-state index contributed by atoms with van der Waals surface area (Å²) in [4.78, 5) is 12.7. The summed E-state index contributed by atoms with van der Waals surface area (Å²) in [5.41, 5.74) is 1.78. The fourth-order valence-corrected chi connectivity index (χ4v) is 3.00. The number of benzene rings is 2. The molecule has 0 saturated carbocycles. The summed E-state index contributed by atoms with van der Waals surface area (Å²) >= 11 is 1.24. The number of nitrogens with one attached hydrogen (secondary N) is 1. The van der Waals surface area contributed by atoms with Gasteiger partial charge in [0.05, 0.1) is 10.6 Å². The van der Waals surface area contributed by atoms with E-state index < -0.39 is 5.82 Å². The number of hydrogen-bond donors (Lipinski definition) is 1. The van der Waals surface area contributed by atoms with E-state index in [1.807, 2.05) is 6.92 Å². The molecule has 0 saturated heterocycles. The van der Waals surface area contributed by atoms with Crippen LogP contribution in [0.3, 0.4) is 0 Å². The van der Waals surface area contributed by atoms with Crippen LogP contribution < -0.4 is 10.1 Å². The van der Waals surface area contributed by atoms with Gasteiger partial charge in [0.1, 0.15) is 24.0 Å². The standard InChI is InChI=1S/C19H15F2NO2S/c1-12-5-6-16(21)17(7-12)22-19(23)18-8-13(11-25-18)10-24-15-4-2-3-14(20)9-15/h2-9,11H,10H2,1H3,(H,22,23). The monoisotopic (exact) mass is 359 g/mol. The van der Waals surface area contributed by atoms with Crippen molar-refractivity contribution in [3.63, 3.8) is 0 Å². The average molecular weight is 359 g/mol. The Labute approximate surface area is 147 Å². The Balaban J connectivity index is 1.64. The van der Waals surface area contributed by atoms with Crippen LogP contribution in [0.25, 0.3) is 0 Å². The lowest BCUT2D eigenvalue weighted by Gasteiger charge is -2.06. The van der Waals surface area contributed by atoms with E-state index in [4.69, 9.17) is 4.74 Å². The minimum atomic E-state index is -0.481. The zero-order valence-electron chi connectivity index (χ0n) is 13.4. The maximum Gasteiger partial charge on any atom is 0.265 e. The van der Waals surface area contributed by atoms with Gasteiger partial charge in [-0.2, -0.15) is 0 Å². The average Bonchev–Trinajstić information content (AvgIpc) is 3.05. The second kappa shape index (κ2) is 7.44. The SMILES string of the molecule is Cc1ccc(F)c(NC(=O)c2cc(COc3cccc(F)c3)cs2)c1. The molecule has 6 heteroatoms. The zero-order chi connectivity index (χ0) is 17.8. The number of hydrogen-bond acceptors (Lipinski definition) is 3. The number of anilines is 1. The number of aryl methyl sites for hydroxylation is 1. The molecule has 0 unspecified atom stereocenters. The van der Waals surface area contributed by atoms with Crippen LogP contribution in [0.2, 0.25) is 0 Å². The van der Waals surface area contributed by atoms with Crippen molar-refractivity contribution in [2.24, 2.45) is 0 Å². The van der Waals surface area contributed by atoms with E-state index in [2.05, 4.69) is 5.32 Å². The molecule has 0 atom stereocenters. The first-order chi connectivity index (χ1) is 12.0. The Morgan fingerprint density at radius 2 is 2.00 bits per heavy atom. The van der Waals surface area contributed by atoms with E-state index in [-0.39, 0.29) is 24.0 Å². The molecule has 1 aromatic heterocycles. The first kappa shape index (κ1) is 17.1. The minimum Gasteiger partial charge on any atom is -0.489 e. The maximum atomic E-state index is 13.7. The van der Waals surface area contributed by atoms with Crippen molar-refractivity contribution in [1.29, 1.82) is 0 Å². The largest absolute Gasteiger partial charge is 0.489 e. The van der Waals surface area contributed by atoms with Gasteiger partial charge < -0.3 is 10.1 Å². The summed E-state index contributed by atoms with van der Waals surface area (Å²) in [7, 11) is 0. The van der Waals surface area contributed by atoms with E-state index in [1.54, 1.807) is 35.7 Å². The number of amides is 1. The molecule has 0 bridgehead atoms. The molecule has 3 rings (SSSR count). The summed E-state index contributed by atoms with van der Waals surface area (Å²) in [6.45, 7) is 2.04. The first-order valence-corrected chi connectivity index (χ1v) is 8.42. The quantitative estimate of drug-likeness (QED) is 0.683. The molecular weight excluding hydrogens is 344 g/mol. The van der Waals surface area contributed by atoms with Crippen LogP contribution in [0.5, 0.6) is 5.75 Å². The van der Waals surface area contributed by atoms with Crippen molar-refractivity contribution in [2.75, 3.05) is 5.32 Å². The lowest BCUT2D eigenvalue weighted by Crippen LogP contribution is -2.11. The number of ether oxygens (including phenoxy) is 1. The fourth-order valence-electron chi connectivity index (χ4n) is 2.21. The number of rotatable bonds is 5. The molecule has 0 aliphatic carbocycles. The van der Waals surface area contributed by atoms with Crippen LogP contribution >= 0.6 is 11.3 Å². The van der Waals surface area contributed by atoms with Gasteiger partial charge in [-0.3, -0.25) is 4.79 Å². The summed E-state index contributed by atoms with van der Waals surface area (Å²) in [6.07, 6.45) is 0. The number of carbonyl (C=O) groups is 1. The van der Waals surface area contributed by atoms with Gasteiger partial charge in [-0.1, -0.05) is 12.1 Å². The topological polar surface area (TPSA) is 38.3 Å². The van der Waals surface area contributed by atoms with Gasteiger partial charge in [0.25, 0.3) is 5.91 Å². The zero-order valence-corrected chi connectivity index (χ0v) is 14.2. The van der Waals surface area contributed by atoms with Crippen LogP contribution in [0, 0.1) is 18.6 Å². The molecule has 0 radical (unpaired) electrons. The third-order valence-electron chi connectivity index (χ3n) is 3.45. The van der Waals surface area contributed by atoms with Crippen molar-refractivity contribution in [2.45, 2.75) is 13.5 Å². The lowest BCUT2D eigenvalue weighted by molar-refractivity contribution is 0.103. The molecule has 0 aliphatic rings. The van der Waals surface area contributed by atoms with Crippen LogP contribution in [0.4, 0.5) is 14.5 Å². The molecule has 25 heavy (non-hydrogen) atoms. The predicted octanol–water partition coefficient (Wildman–Crippen LogP) is 5.17. The van der Waals surface area contributed by atoms with Crippen LogP contribution in [0.15, 0.2) is 53.9 Å². The molecule has 0 spiro atoms. The van der Waals surface area contributed by atoms with E-state index in [0.29, 0.717) is 10.6 Å². The van der Waals surface area contributed by atoms with E-state index in [9.17, 15) is 13.6 Å². The van der Waals surface area contributed by atoms with Gasteiger partial charge in [0.15, 0.2) is 0 Å². The normalized spacial score (nSPS) is 10.5. The van der Waals surface area contributed by atoms with Crippen LogP contribution in [-0.2, 0) is 6.61 Å². The van der Waals surface area contributed by atoms with Crippen molar-refractivity contribution in [1.82, 2.24) is 0 Å². The summed E-state index contributed by atoms with van der Waals surface area (Å²) in [5.74, 6) is -0.821. The van der Waals surface area contributed by atoms with Crippen LogP contribution in [0.1, 0.15) is 20.8 Å². The summed E-state index contributed by atoms with van der Waals surface area (Å²) in [5, 5.41) is 4.35. The molecule has 1 heterocycles. The van der Waals surface area contributed by atoms with Gasteiger partial charge in [0.2, 0.25) is 0 Å². The molecule has 128 valence electrons. The highest BCUT2D eigenvalue weighted by Gasteiger charge is 2.12. The first-order valence-electron chi connectivity index (χ1n) is 7.54. The third kappa shape index (κ3) is 4.42. The molecule has 0 aliphatic heterocycles. The maximum absolute atomic E-state index is 13.7. The Bertz CT molecular complexity index is 908. The number of thiophene rings is 1. The molecule has 3 nitrogen and oxygen atoms in total. The minimum absolute atomic E-state index is 0.149. The predicted molar refractivity (Wildman–Crippen MR) is 94.1 cm³/mol. The smallest absolute Gasteiger partial charge is 0.265 e. The van der Waals surface area contributed by atoms with Gasteiger partial charge in [-0.25, -0.2) is 8.78 Å². The molecular formula is C19H15F2NO2S. The molecule has 1 N–H and O–H groups in total. The van der Waals surface area contributed by atoms with Gasteiger partial charge in [-0.15, -0.1) is 11.3 Å². The highest BCUT2D eigenvalue weighted by molar-refractivity contribution is 7.12. The summed E-state index contributed by atoms with van der Waals surface area (Å²) in [6, 6.07) is 12.1. The number of halogens is 2. The Hall–Kier alpha value is -2.73. The third-order valence-corrected chi connectivity index (χ3v) is 4.43. The van der Waals surface area contributed by atoms with Gasteiger partial charge in [-0.05, 0) is 48.2 Å². The van der Waals surface area contributed by atoms with Crippen molar-refractivity contribution in [3.05, 3.63) is 81.5 Å². The second-order valence-electron chi connectivity index (χ2n) is 5.50. The fraction of sp³-hybridized carbons (Fsp3) is 0.105. The molecule has 2 aromatic carbocycles. The van der Waals surface area contributed by atoms with Crippen molar-refractivity contribution < 1.29 is 18.3 Å². The van der Waals surface area contributed by atoms with E-state index in [0.717, 1.165) is 11.1 Å². The highest BCUT2D eigenvalue weighted by Crippen LogP contribution is 2.21. The lowest BCUT2D eigenvalue weighted by atomic mass is 10.2. The highest BCUT2D eigenvalue weighted by atomic mass is 32.1. The van der Waals surface area contributed by atoms with E-state index in [1.165, 1.54) is 29.5 Å². The summed E-state index contributed by atoms with van der Waals surface area (Å²) < 4.78 is 32.3. The van der Waals surface area contributed by atoms with E-state index >= 15 is 0 Å². The Morgan fingerprint density at radius 1 is 1.16 bits per heavy atom. The van der Waals surface area contributed by atoms with Crippen molar-refractivity contribution >= 4 is 22.9 Å². The molecule has 1 amide bonds. The second-order valence-corrected chi connectivity index (χ2v) is 6.41. The number of carbonyl (C=O) groups excluding carboxylic acids is 1. The Kier molecular flexibility index (Phi) is 5.09. The Morgan fingerprint density at radius 3 is 2.80 bits per heavy atom. The van der Waals surface area contributed by atoms with Gasteiger partial charge >= 0.3 is 0 Å².